The van der Waals surface area contributed by atoms with Gasteiger partial charge in [0.25, 0.3) is 0 Å². The van der Waals surface area contributed by atoms with Crippen LogP contribution in [0.3, 0.4) is 0 Å². The lowest BCUT2D eigenvalue weighted by Crippen LogP contribution is -1.88. The van der Waals surface area contributed by atoms with E-state index in [-0.39, 0.29) is 0 Å². The van der Waals surface area contributed by atoms with Crippen LogP contribution in [0.1, 0.15) is 0 Å². The van der Waals surface area contributed by atoms with E-state index in [1.54, 1.807) is 24.9 Å². The van der Waals surface area contributed by atoms with Crippen molar-refractivity contribution >= 4 is 45.0 Å². The first-order valence-electron chi connectivity index (χ1n) is 3.51. The maximum absolute atomic E-state index is 5.86. The zero-order chi connectivity index (χ0) is 9.84. The number of ether oxygens (including phenoxy) is 1. The lowest BCUT2D eigenvalue weighted by atomic mass is 10.3. The summed E-state index contributed by atoms with van der Waals surface area (Å²) in [6.45, 7) is 0. The topological polar surface area (TPSA) is 35.2 Å². The summed E-state index contributed by atoms with van der Waals surface area (Å²) < 4.78 is 5.88. The van der Waals surface area contributed by atoms with E-state index < -0.39 is 0 Å². The molecule has 0 aliphatic carbocycles. The van der Waals surface area contributed by atoms with Crippen molar-refractivity contribution in [1.82, 2.24) is 0 Å². The molecule has 5 heteroatoms. The van der Waals surface area contributed by atoms with Crippen LogP contribution in [0.5, 0.6) is 0 Å². The third-order valence-electron chi connectivity index (χ3n) is 1.38. The molecule has 1 rings (SSSR count). The maximum Gasteiger partial charge on any atom is 0.0963 e. The fourth-order valence-electron chi connectivity index (χ4n) is 0.777. The van der Waals surface area contributed by atoms with Crippen molar-refractivity contribution in [2.75, 3.05) is 18.8 Å². The molecule has 0 saturated carbocycles. The van der Waals surface area contributed by atoms with Crippen molar-refractivity contribution in [3.8, 4) is 0 Å². The zero-order valence-corrected chi connectivity index (χ0v) is 10.2. The lowest BCUT2D eigenvalue weighted by molar-refractivity contribution is 0.259. The summed E-state index contributed by atoms with van der Waals surface area (Å²) in [7, 11) is 1.65. The van der Waals surface area contributed by atoms with Crippen molar-refractivity contribution in [1.29, 1.82) is 0 Å². The fourth-order valence-corrected chi connectivity index (χ4v) is 2.35. The van der Waals surface area contributed by atoms with Crippen molar-refractivity contribution < 1.29 is 4.74 Å². The van der Waals surface area contributed by atoms with Gasteiger partial charge >= 0.3 is 0 Å². The van der Waals surface area contributed by atoms with Gasteiger partial charge in [0.05, 0.1) is 16.6 Å². The lowest BCUT2D eigenvalue weighted by Gasteiger charge is -2.05. The monoisotopic (exact) mass is 281 g/mol. The minimum atomic E-state index is 0.571. The first-order chi connectivity index (χ1) is 6.15. The van der Waals surface area contributed by atoms with Gasteiger partial charge in [-0.15, -0.1) is 0 Å². The molecule has 2 nitrogen and oxygen atoms in total. The Morgan fingerprint density at radius 1 is 1.62 bits per heavy atom. The van der Waals surface area contributed by atoms with Crippen LogP contribution >= 0.6 is 39.3 Å². The Bertz CT molecular complexity index is 308. The molecule has 1 aromatic rings. The highest BCUT2D eigenvalue weighted by Gasteiger charge is 2.04. The molecule has 0 aliphatic rings. The molecular weight excluding hydrogens is 274 g/mol. The molecule has 0 heterocycles. The van der Waals surface area contributed by atoms with Gasteiger partial charge in [-0.2, -0.15) is 0 Å². The van der Waals surface area contributed by atoms with Gasteiger partial charge in [0.15, 0.2) is 0 Å². The highest BCUT2D eigenvalue weighted by molar-refractivity contribution is 9.10. The van der Waals surface area contributed by atoms with Crippen molar-refractivity contribution in [3.05, 3.63) is 21.6 Å². The zero-order valence-electron chi connectivity index (χ0n) is 7.01. The van der Waals surface area contributed by atoms with Crippen LogP contribution in [0.25, 0.3) is 0 Å². The molecule has 0 bridgehead atoms. The number of nitrogens with two attached hydrogens (primary N) is 1. The summed E-state index contributed by atoms with van der Waals surface area (Å²) in [5, 5.41) is 0.571. The Labute approximate surface area is 94.9 Å². The summed E-state index contributed by atoms with van der Waals surface area (Å²) in [6, 6.07) is 3.62. The Kier molecular flexibility index (Phi) is 4.38. The van der Waals surface area contributed by atoms with Gasteiger partial charge in [-0.25, -0.2) is 0 Å². The molecule has 2 N–H and O–H groups in total. The quantitative estimate of drug-likeness (QED) is 0.524. The van der Waals surface area contributed by atoms with Gasteiger partial charge in [0.2, 0.25) is 0 Å². The Balaban J connectivity index is 2.88. The summed E-state index contributed by atoms with van der Waals surface area (Å²) in [4.78, 5) is 1.03. The largest absolute Gasteiger partial charge is 0.397 e. The average molecular weight is 283 g/mol. The van der Waals surface area contributed by atoms with Gasteiger partial charge in [-0.1, -0.05) is 23.4 Å². The van der Waals surface area contributed by atoms with E-state index in [4.69, 9.17) is 22.1 Å². The molecule has 0 saturated heterocycles. The number of anilines is 1. The molecule has 1 aromatic carbocycles. The second-order valence-electron chi connectivity index (χ2n) is 2.36. The van der Waals surface area contributed by atoms with Crippen molar-refractivity contribution in [2.24, 2.45) is 0 Å². The number of halogens is 2. The predicted molar refractivity (Wildman–Crippen MR) is 61.3 cm³/mol. The molecule has 72 valence electrons. The SMILES string of the molecule is COCSc1cc(Cl)c(N)cc1Br. The number of hydrogen-bond acceptors (Lipinski definition) is 3. The number of thioether (sulfide) groups is 1. The van der Waals surface area contributed by atoms with E-state index in [9.17, 15) is 0 Å². The molecule has 0 atom stereocenters. The minimum absolute atomic E-state index is 0.571. The van der Waals surface area contributed by atoms with Crippen molar-refractivity contribution in [3.63, 3.8) is 0 Å². The summed E-state index contributed by atoms with van der Waals surface area (Å²) >= 11 is 10.8. The van der Waals surface area contributed by atoms with E-state index in [2.05, 4.69) is 15.9 Å². The van der Waals surface area contributed by atoms with Gasteiger partial charge in [0, 0.05) is 16.5 Å². The van der Waals surface area contributed by atoms with E-state index in [1.165, 1.54) is 0 Å². The van der Waals surface area contributed by atoms with Crippen molar-refractivity contribution in [2.45, 2.75) is 4.90 Å². The summed E-state index contributed by atoms with van der Waals surface area (Å²) in [6.07, 6.45) is 0. The number of nitrogen functional groups attached to an aromatic ring is 1. The molecule has 0 radical (unpaired) electrons. The number of hydrogen-bond donors (Lipinski definition) is 1. The van der Waals surface area contributed by atoms with Gasteiger partial charge < -0.3 is 10.5 Å². The van der Waals surface area contributed by atoms with E-state index in [0.717, 1.165) is 9.37 Å². The smallest absolute Gasteiger partial charge is 0.0963 e. The standard InChI is InChI=1S/C8H9BrClNOS/c1-12-4-13-8-3-6(10)7(11)2-5(8)9/h2-3H,4,11H2,1H3. The van der Waals surface area contributed by atoms with E-state index >= 15 is 0 Å². The second kappa shape index (κ2) is 5.10. The molecule has 0 aliphatic heterocycles. The summed E-state index contributed by atoms with van der Waals surface area (Å²) in [5.41, 5.74) is 6.19. The third-order valence-corrected chi connectivity index (χ3v) is 3.63. The van der Waals surface area contributed by atoms with Crippen LogP contribution in [0.2, 0.25) is 5.02 Å². The molecule has 0 unspecified atom stereocenters. The van der Waals surface area contributed by atoms with Gasteiger partial charge in [-0.05, 0) is 28.1 Å². The van der Waals surface area contributed by atoms with E-state index in [1.807, 2.05) is 6.07 Å². The average Bonchev–Trinajstić information content (AvgIpc) is 2.09. The van der Waals surface area contributed by atoms with E-state index in [0.29, 0.717) is 16.6 Å². The van der Waals surface area contributed by atoms with Crippen LogP contribution in [0.15, 0.2) is 21.5 Å². The third kappa shape index (κ3) is 3.06. The number of rotatable bonds is 3. The molecule has 0 spiro atoms. The Hall–Kier alpha value is 0.1000. The minimum Gasteiger partial charge on any atom is -0.397 e. The van der Waals surface area contributed by atoms with Crippen LogP contribution in [0.4, 0.5) is 5.69 Å². The maximum atomic E-state index is 5.86. The molecule has 0 fully saturated rings. The highest BCUT2D eigenvalue weighted by Crippen LogP contribution is 2.33. The van der Waals surface area contributed by atoms with Gasteiger partial charge in [0.1, 0.15) is 0 Å². The first kappa shape index (κ1) is 11.2. The molecule has 13 heavy (non-hydrogen) atoms. The Morgan fingerprint density at radius 2 is 2.31 bits per heavy atom. The first-order valence-corrected chi connectivity index (χ1v) is 5.67. The van der Waals surface area contributed by atoms with Gasteiger partial charge in [-0.3, -0.25) is 0 Å². The van der Waals surface area contributed by atoms with Crippen LogP contribution in [-0.2, 0) is 4.74 Å². The highest BCUT2D eigenvalue weighted by atomic mass is 79.9. The fraction of sp³-hybridized carbons (Fsp3) is 0.250. The molecule has 0 aromatic heterocycles. The predicted octanol–water partition coefficient (Wildman–Crippen LogP) is 3.38. The summed E-state index contributed by atoms with van der Waals surface area (Å²) in [5.74, 6) is 0.596. The second-order valence-corrected chi connectivity index (χ2v) is 4.58. The van der Waals surface area contributed by atoms with Crippen LogP contribution < -0.4 is 5.73 Å². The van der Waals surface area contributed by atoms with Crippen LogP contribution in [-0.4, -0.2) is 13.0 Å². The molecule has 0 amide bonds. The number of methoxy groups -OCH3 is 1. The molecular formula is C8H9BrClNOS. The Morgan fingerprint density at radius 3 is 2.92 bits per heavy atom. The normalized spacial score (nSPS) is 10.4. The van der Waals surface area contributed by atoms with Crippen LogP contribution in [0, 0.1) is 0 Å². The number of benzene rings is 1.